The van der Waals surface area contributed by atoms with Crippen molar-refractivity contribution in [3.05, 3.63) is 35.4 Å². The van der Waals surface area contributed by atoms with Gasteiger partial charge in [0.15, 0.2) is 0 Å². The van der Waals surface area contributed by atoms with Gasteiger partial charge in [-0.2, -0.15) is 0 Å². The second-order valence-corrected chi connectivity index (χ2v) is 9.50. The van der Waals surface area contributed by atoms with Gasteiger partial charge in [0.05, 0.1) is 0 Å². The first-order chi connectivity index (χ1) is 10.4. The van der Waals surface area contributed by atoms with Gasteiger partial charge in [-0.25, -0.2) is 0 Å². The molecule has 1 aromatic rings. The molecule has 22 heavy (non-hydrogen) atoms. The summed E-state index contributed by atoms with van der Waals surface area (Å²) in [6.07, 6.45) is 8.92. The topological polar surface area (TPSA) is 12.0 Å². The molecular weight excluding hydrogens is 266 g/mol. The van der Waals surface area contributed by atoms with E-state index >= 15 is 0 Å². The summed E-state index contributed by atoms with van der Waals surface area (Å²) in [6, 6.07) is 9.29. The zero-order valence-corrected chi connectivity index (χ0v) is 14.5. The van der Waals surface area contributed by atoms with Gasteiger partial charge >= 0.3 is 0 Å². The monoisotopic (exact) mass is 297 g/mol. The molecule has 4 saturated carbocycles. The van der Waals surface area contributed by atoms with Gasteiger partial charge in [-0.05, 0) is 72.8 Å². The lowest BCUT2D eigenvalue weighted by Crippen LogP contribution is -2.58. The fraction of sp³-hybridized carbons (Fsp3) is 0.714. The SMILES string of the molecule is CC(C)(C)c1ccc(CNC23CC4CC(CC(C4)C2)C3)cc1. The maximum atomic E-state index is 4.00. The number of nitrogens with one attached hydrogen (secondary N) is 1. The first-order valence-corrected chi connectivity index (χ1v) is 9.26. The smallest absolute Gasteiger partial charge is 0.0210 e. The maximum Gasteiger partial charge on any atom is 0.0210 e. The maximum absolute atomic E-state index is 4.00. The van der Waals surface area contributed by atoms with Gasteiger partial charge in [0.25, 0.3) is 0 Å². The van der Waals surface area contributed by atoms with E-state index in [1.807, 2.05) is 0 Å². The molecule has 0 aliphatic heterocycles. The molecule has 0 aromatic heterocycles. The van der Waals surface area contributed by atoms with Crippen LogP contribution < -0.4 is 5.32 Å². The van der Waals surface area contributed by atoms with Crippen molar-refractivity contribution in [2.45, 2.75) is 76.8 Å². The Bertz CT molecular complexity index is 499. The Labute approximate surface area is 135 Å². The van der Waals surface area contributed by atoms with Crippen molar-refractivity contribution in [3.8, 4) is 0 Å². The second kappa shape index (κ2) is 5.09. The molecule has 120 valence electrons. The summed E-state index contributed by atoms with van der Waals surface area (Å²) in [7, 11) is 0. The van der Waals surface area contributed by atoms with E-state index in [4.69, 9.17) is 0 Å². The van der Waals surface area contributed by atoms with Crippen LogP contribution in [-0.2, 0) is 12.0 Å². The van der Waals surface area contributed by atoms with Crippen molar-refractivity contribution < 1.29 is 0 Å². The van der Waals surface area contributed by atoms with Crippen molar-refractivity contribution in [3.63, 3.8) is 0 Å². The minimum atomic E-state index is 0.256. The highest BCUT2D eigenvalue weighted by atomic mass is 15.0. The minimum Gasteiger partial charge on any atom is -0.307 e. The molecule has 4 aliphatic carbocycles. The van der Waals surface area contributed by atoms with Gasteiger partial charge in [-0.3, -0.25) is 0 Å². The van der Waals surface area contributed by atoms with Crippen molar-refractivity contribution in [1.82, 2.24) is 5.32 Å². The number of hydrogen-bond donors (Lipinski definition) is 1. The third-order valence-corrected chi connectivity index (χ3v) is 6.53. The van der Waals surface area contributed by atoms with Crippen molar-refractivity contribution >= 4 is 0 Å². The first-order valence-electron chi connectivity index (χ1n) is 9.26. The quantitative estimate of drug-likeness (QED) is 0.824. The van der Waals surface area contributed by atoms with Gasteiger partial charge in [-0.15, -0.1) is 0 Å². The third kappa shape index (κ3) is 2.73. The molecule has 1 heteroatoms. The fourth-order valence-corrected chi connectivity index (χ4v) is 5.74. The predicted octanol–water partition coefficient (Wildman–Crippen LogP) is 5.04. The van der Waals surface area contributed by atoms with Crippen LogP contribution in [0.25, 0.3) is 0 Å². The summed E-state index contributed by atoms with van der Waals surface area (Å²) in [5, 5.41) is 4.00. The van der Waals surface area contributed by atoms with Crippen molar-refractivity contribution in [2.24, 2.45) is 17.8 Å². The Morgan fingerprint density at radius 1 is 0.909 bits per heavy atom. The highest BCUT2D eigenvalue weighted by Gasteiger charge is 2.50. The number of benzene rings is 1. The molecular formula is C21H31N. The molecule has 0 unspecified atom stereocenters. The van der Waals surface area contributed by atoms with Crippen LogP contribution in [0.1, 0.15) is 70.4 Å². The summed E-state index contributed by atoms with van der Waals surface area (Å²) in [5.74, 6) is 3.09. The van der Waals surface area contributed by atoms with E-state index in [-0.39, 0.29) is 5.41 Å². The van der Waals surface area contributed by atoms with Crippen molar-refractivity contribution in [1.29, 1.82) is 0 Å². The van der Waals surface area contributed by atoms with E-state index < -0.39 is 0 Å². The van der Waals surface area contributed by atoms with Crippen molar-refractivity contribution in [2.75, 3.05) is 0 Å². The van der Waals surface area contributed by atoms with Gasteiger partial charge in [0.1, 0.15) is 0 Å². The Kier molecular flexibility index (Phi) is 3.41. The van der Waals surface area contributed by atoms with E-state index in [1.54, 1.807) is 0 Å². The van der Waals surface area contributed by atoms with Crippen LogP contribution in [0.2, 0.25) is 0 Å². The van der Waals surface area contributed by atoms with Gasteiger partial charge in [0.2, 0.25) is 0 Å². The van der Waals surface area contributed by atoms with Crippen LogP contribution >= 0.6 is 0 Å². The molecule has 1 N–H and O–H groups in total. The zero-order chi connectivity index (χ0) is 15.4. The molecule has 0 spiro atoms. The third-order valence-electron chi connectivity index (χ3n) is 6.53. The largest absolute Gasteiger partial charge is 0.307 e. The van der Waals surface area contributed by atoms with E-state index in [2.05, 4.69) is 50.4 Å². The summed E-state index contributed by atoms with van der Waals surface area (Å²) in [4.78, 5) is 0. The minimum absolute atomic E-state index is 0.256. The number of rotatable bonds is 3. The van der Waals surface area contributed by atoms with Crippen LogP contribution in [0.5, 0.6) is 0 Å². The molecule has 0 saturated heterocycles. The summed E-state index contributed by atoms with van der Waals surface area (Å²) < 4.78 is 0. The molecule has 0 atom stereocenters. The van der Waals surface area contributed by atoms with E-state index in [0.29, 0.717) is 5.54 Å². The lowest BCUT2D eigenvalue weighted by molar-refractivity contribution is -0.0206. The first kappa shape index (κ1) is 14.8. The molecule has 4 aliphatic rings. The normalized spacial score (nSPS) is 36.8. The lowest BCUT2D eigenvalue weighted by atomic mass is 9.53. The van der Waals surface area contributed by atoms with Crippen LogP contribution in [-0.4, -0.2) is 5.54 Å². The molecule has 1 aromatic carbocycles. The molecule has 0 amide bonds. The Morgan fingerprint density at radius 3 is 1.86 bits per heavy atom. The van der Waals surface area contributed by atoms with Gasteiger partial charge in [0, 0.05) is 12.1 Å². The summed E-state index contributed by atoms with van der Waals surface area (Å²) >= 11 is 0. The van der Waals surface area contributed by atoms with E-state index in [1.165, 1.54) is 49.7 Å². The number of hydrogen-bond acceptors (Lipinski definition) is 1. The van der Waals surface area contributed by atoms with Gasteiger partial charge < -0.3 is 5.32 Å². The average Bonchev–Trinajstić information content (AvgIpc) is 2.43. The Morgan fingerprint density at radius 2 is 1.41 bits per heavy atom. The Balaban J connectivity index is 1.42. The second-order valence-electron chi connectivity index (χ2n) is 9.50. The van der Waals surface area contributed by atoms with Crippen LogP contribution in [0, 0.1) is 17.8 Å². The highest BCUT2D eigenvalue weighted by molar-refractivity contribution is 5.27. The molecule has 4 bridgehead atoms. The summed E-state index contributed by atoms with van der Waals surface area (Å²) in [6.45, 7) is 7.91. The molecule has 5 rings (SSSR count). The lowest BCUT2D eigenvalue weighted by Gasteiger charge is -2.57. The van der Waals surface area contributed by atoms with E-state index in [9.17, 15) is 0 Å². The predicted molar refractivity (Wildman–Crippen MR) is 92.9 cm³/mol. The zero-order valence-electron chi connectivity index (χ0n) is 14.5. The highest BCUT2D eigenvalue weighted by Crippen LogP contribution is 2.55. The summed E-state index contributed by atoms with van der Waals surface area (Å²) in [5.41, 5.74) is 3.62. The molecule has 1 nitrogen and oxygen atoms in total. The van der Waals surface area contributed by atoms with Crippen LogP contribution in [0.15, 0.2) is 24.3 Å². The van der Waals surface area contributed by atoms with Gasteiger partial charge in [-0.1, -0.05) is 45.0 Å². The standard InChI is InChI=1S/C21H31N/c1-20(2,3)19-6-4-15(5-7-19)14-22-21-11-16-8-17(12-21)10-18(9-16)13-21/h4-7,16-18,22H,8-14H2,1-3H3. The van der Waals surface area contributed by atoms with E-state index in [0.717, 1.165) is 24.3 Å². The average molecular weight is 297 g/mol. The molecule has 4 fully saturated rings. The molecule has 0 radical (unpaired) electrons. The Hall–Kier alpha value is -0.820. The fourth-order valence-electron chi connectivity index (χ4n) is 5.74. The molecule has 0 heterocycles. The van der Waals surface area contributed by atoms with Crippen LogP contribution in [0.4, 0.5) is 0 Å². The van der Waals surface area contributed by atoms with Crippen LogP contribution in [0.3, 0.4) is 0 Å².